The molecule has 0 saturated carbocycles. The summed E-state index contributed by atoms with van der Waals surface area (Å²) < 4.78 is 0. The van der Waals surface area contributed by atoms with Gasteiger partial charge in [0.25, 0.3) is 0 Å². The number of para-hydroxylation sites is 3. The molecule has 0 unspecified atom stereocenters. The molecule has 72 valence electrons. The van der Waals surface area contributed by atoms with Crippen LogP contribution in [0.3, 0.4) is 0 Å². The average Bonchev–Trinajstić information content (AvgIpc) is 2.27. The monoisotopic (exact) mass is 195 g/mol. The normalized spacial score (nSPS) is 10.9. The maximum atomic E-state index is 7.76. The Hall–Kier alpha value is -2.16. The number of H-pyrrole nitrogens is 1. The quantitative estimate of drug-likeness (QED) is 0.530. The van der Waals surface area contributed by atoms with Gasteiger partial charge >= 0.3 is 0 Å². The second-order valence-corrected chi connectivity index (χ2v) is 3.46. The highest BCUT2D eigenvalue weighted by Gasteiger charge is 2.05. The molecule has 0 atom stereocenters. The molecular formula is C12H9N3. The Balaban J connectivity index is 2.54. The van der Waals surface area contributed by atoms with Crippen molar-refractivity contribution in [2.75, 3.05) is 0 Å². The van der Waals surface area contributed by atoms with Gasteiger partial charge in [-0.05, 0) is 24.3 Å². The van der Waals surface area contributed by atoms with Crippen molar-refractivity contribution in [2.24, 2.45) is 0 Å². The Morgan fingerprint density at radius 2 is 1.87 bits per heavy atom. The maximum absolute atomic E-state index is 7.76. The largest absolute Gasteiger partial charge is 0.352 e. The lowest BCUT2D eigenvalue weighted by atomic mass is 10.2. The zero-order chi connectivity index (χ0) is 10.3. The van der Waals surface area contributed by atoms with E-state index in [2.05, 4.69) is 9.97 Å². The smallest absolute Gasteiger partial charge is 0.112 e. The molecule has 0 fully saturated rings. The molecule has 1 heterocycles. The number of hydrogen-bond donors (Lipinski definition) is 2. The molecule has 1 aliphatic heterocycles. The van der Waals surface area contributed by atoms with Gasteiger partial charge in [-0.3, -0.25) is 5.41 Å². The Morgan fingerprint density at radius 3 is 2.80 bits per heavy atom. The van der Waals surface area contributed by atoms with Crippen LogP contribution in [0.1, 0.15) is 0 Å². The van der Waals surface area contributed by atoms with E-state index in [4.69, 9.17) is 5.41 Å². The summed E-state index contributed by atoms with van der Waals surface area (Å²) in [4.78, 5) is 7.73. The number of aromatic nitrogens is 2. The van der Waals surface area contributed by atoms with Crippen molar-refractivity contribution in [1.29, 1.82) is 5.41 Å². The number of hydrogen-bond acceptors (Lipinski definition) is 2. The third-order valence-electron chi connectivity index (χ3n) is 2.44. The lowest BCUT2D eigenvalue weighted by molar-refractivity contribution is 1.18. The maximum Gasteiger partial charge on any atom is 0.112 e. The molecule has 0 saturated heterocycles. The molecule has 3 nitrogen and oxygen atoms in total. The number of benzene rings is 2. The fourth-order valence-corrected chi connectivity index (χ4v) is 1.71. The van der Waals surface area contributed by atoms with Gasteiger partial charge in [0.15, 0.2) is 0 Å². The molecule has 0 bridgehead atoms. The summed E-state index contributed by atoms with van der Waals surface area (Å²) in [5.41, 5.74) is 3.51. The minimum atomic E-state index is 0.453. The van der Waals surface area contributed by atoms with Crippen LogP contribution in [0.15, 0.2) is 42.5 Å². The first kappa shape index (κ1) is 8.17. The van der Waals surface area contributed by atoms with E-state index in [0.29, 0.717) is 5.36 Å². The zero-order valence-corrected chi connectivity index (χ0v) is 7.99. The highest BCUT2D eigenvalue weighted by Crippen LogP contribution is 2.17. The van der Waals surface area contributed by atoms with Crippen molar-refractivity contribution in [3.63, 3.8) is 0 Å². The second kappa shape index (κ2) is 2.92. The standard InChI is InChI=1S/C12H9N3/c13-8-4-3-7-11-12(8)15-10-6-2-1-5-9(10)14-11/h1-7,13-14H. The van der Waals surface area contributed by atoms with Gasteiger partial charge < -0.3 is 4.98 Å². The molecule has 2 aliphatic rings. The van der Waals surface area contributed by atoms with Crippen LogP contribution >= 0.6 is 0 Å². The average molecular weight is 195 g/mol. The molecule has 3 rings (SSSR count). The van der Waals surface area contributed by atoms with Gasteiger partial charge in [-0.1, -0.05) is 18.2 Å². The van der Waals surface area contributed by atoms with Crippen LogP contribution < -0.4 is 5.36 Å². The van der Waals surface area contributed by atoms with Crippen molar-refractivity contribution in [2.45, 2.75) is 0 Å². The van der Waals surface area contributed by atoms with Crippen LogP contribution in [-0.2, 0) is 0 Å². The number of rotatable bonds is 0. The molecule has 0 amide bonds. The van der Waals surface area contributed by atoms with Gasteiger partial charge in [0, 0.05) is 0 Å². The van der Waals surface area contributed by atoms with Gasteiger partial charge in [-0.25, -0.2) is 4.98 Å². The third kappa shape index (κ3) is 1.21. The number of nitrogens with one attached hydrogen (secondary N) is 2. The first-order valence-electron chi connectivity index (χ1n) is 4.77. The van der Waals surface area contributed by atoms with Crippen LogP contribution in [0, 0.1) is 5.41 Å². The number of nitrogens with zero attached hydrogens (tertiary/aromatic N) is 1. The van der Waals surface area contributed by atoms with Gasteiger partial charge in [-0.15, -0.1) is 0 Å². The Morgan fingerprint density at radius 1 is 1.00 bits per heavy atom. The van der Waals surface area contributed by atoms with Crippen molar-refractivity contribution in [3.05, 3.63) is 47.8 Å². The summed E-state index contributed by atoms with van der Waals surface area (Å²) in [6.45, 7) is 0. The molecule has 0 aromatic heterocycles. The molecule has 1 aromatic rings. The highest BCUT2D eigenvalue weighted by atomic mass is 14.8. The van der Waals surface area contributed by atoms with Crippen molar-refractivity contribution in [3.8, 4) is 11.4 Å². The highest BCUT2D eigenvalue weighted by molar-refractivity contribution is 5.78. The first-order valence-corrected chi connectivity index (χ1v) is 4.77. The molecule has 1 aliphatic carbocycles. The van der Waals surface area contributed by atoms with Gasteiger partial charge in [0.1, 0.15) is 5.69 Å². The number of aromatic amines is 1. The first-order chi connectivity index (χ1) is 7.34. The molecule has 0 spiro atoms. The summed E-state index contributed by atoms with van der Waals surface area (Å²) in [5.74, 6) is 0. The summed E-state index contributed by atoms with van der Waals surface area (Å²) >= 11 is 0. The SMILES string of the molecule is N=c1cccc2[nH]c3ccccc3nc1-2. The second-order valence-electron chi connectivity index (χ2n) is 3.46. The molecule has 3 heteroatoms. The van der Waals surface area contributed by atoms with Crippen LogP contribution in [0.2, 0.25) is 0 Å². The minimum absolute atomic E-state index is 0.453. The summed E-state index contributed by atoms with van der Waals surface area (Å²) in [5, 5.41) is 8.21. The van der Waals surface area contributed by atoms with E-state index in [-0.39, 0.29) is 0 Å². The van der Waals surface area contributed by atoms with Crippen LogP contribution in [0.5, 0.6) is 0 Å². The summed E-state index contributed by atoms with van der Waals surface area (Å²) in [6.07, 6.45) is 0. The van der Waals surface area contributed by atoms with Crippen molar-refractivity contribution in [1.82, 2.24) is 9.97 Å². The lowest BCUT2D eigenvalue weighted by Gasteiger charge is -2.06. The fourth-order valence-electron chi connectivity index (χ4n) is 1.71. The minimum Gasteiger partial charge on any atom is -0.352 e. The van der Waals surface area contributed by atoms with E-state index in [0.717, 1.165) is 22.4 Å². The fraction of sp³-hybridized carbons (Fsp3) is 0. The van der Waals surface area contributed by atoms with Gasteiger partial charge in [0.2, 0.25) is 0 Å². The van der Waals surface area contributed by atoms with E-state index in [1.54, 1.807) is 6.07 Å². The van der Waals surface area contributed by atoms with Crippen LogP contribution in [0.25, 0.3) is 22.4 Å². The molecule has 0 radical (unpaired) electrons. The lowest BCUT2D eigenvalue weighted by Crippen LogP contribution is -2.07. The predicted molar refractivity (Wildman–Crippen MR) is 58.6 cm³/mol. The Labute approximate surface area is 86.3 Å². The zero-order valence-electron chi connectivity index (χ0n) is 7.99. The molecular weight excluding hydrogens is 186 g/mol. The van der Waals surface area contributed by atoms with Crippen molar-refractivity contribution >= 4 is 11.0 Å². The van der Waals surface area contributed by atoms with Crippen LogP contribution in [-0.4, -0.2) is 9.97 Å². The Kier molecular flexibility index (Phi) is 1.59. The van der Waals surface area contributed by atoms with E-state index in [1.807, 2.05) is 36.4 Å². The van der Waals surface area contributed by atoms with E-state index in [1.165, 1.54) is 0 Å². The van der Waals surface area contributed by atoms with E-state index < -0.39 is 0 Å². The number of fused-ring (bicyclic) bond motifs is 2. The van der Waals surface area contributed by atoms with Gasteiger partial charge in [-0.2, -0.15) is 0 Å². The molecule has 15 heavy (non-hydrogen) atoms. The summed E-state index contributed by atoms with van der Waals surface area (Å²) in [7, 11) is 0. The topological polar surface area (TPSA) is 52.5 Å². The predicted octanol–water partition coefficient (Wildman–Crippen LogP) is 2.15. The van der Waals surface area contributed by atoms with Gasteiger partial charge in [0.05, 0.1) is 22.1 Å². The van der Waals surface area contributed by atoms with E-state index >= 15 is 0 Å². The van der Waals surface area contributed by atoms with Crippen LogP contribution in [0.4, 0.5) is 0 Å². The van der Waals surface area contributed by atoms with Crippen molar-refractivity contribution < 1.29 is 0 Å². The molecule has 1 aromatic carbocycles. The third-order valence-corrected chi connectivity index (χ3v) is 2.44. The van der Waals surface area contributed by atoms with E-state index in [9.17, 15) is 0 Å². The summed E-state index contributed by atoms with van der Waals surface area (Å²) in [6, 6.07) is 13.4. The molecule has 2 N–H and O–H groups in total. The Bertz CT molecular complexity index is 654.